The first-order valence-electron chi connectivity index (χ1n) is 15.3. The van der Waals surface area contributed by atoms with E-state index in [-0.39, 0.29) is 25.2 Å². The second-order valence-corrected chi connectivity index (χ2v) is 15.4. The summed E-state index contributed by atoms with van der Waals surface area (Å²) in [7, 11) is 0. The Bertz CT molecular complexity index is 2000. The highest BCUT2D eigenvalue weighted by molar-refractivity contribution is 8.01. The number of thiophene rings is 1. The van der Waals surface area contributed by atoms with Crippen molar-refractivity contribution in [2.45, 2.75) is 22.6 Å². The summed E-state index contributed by atoms with van der Waals surface area (Å²) in [6.07, 6.45) is 1.36. The van der Waals surface area contributed by atoms with Crippen LogP contribution in [0.4, 0.5) is 4.79 Å². The smallest absolute Gasteiger partial charge is 0.407 e. The maximum atomic E-state index is 12.7. The molecule has 240 valence electrons. The first-order valence-corrected chi connectivity index (χ1v) is 18.9. The second kappa shape index (κ2) is 15.4. The lowest BCUT2D eigenvalue weighted by Gasteiger charge is -2.31. The van der Waals surface area contributed by atoms with E-state index >= 15 is 0 Å². The van der Waals surface area contributed by atoms with E-state index in [1.54, 1.807) is 34.9 Å². The molecule has 6 rings (SSSR count). The molecule has 2 aromatic heterocycles. The fourth-order valence-electron chi connectivity index (χ4n) is 5.20. The molecule has 1 unspecified atom stereocenters. The number of thiazole rings is 1. The highest BCUT2D eigenvalue weighted by atomic mass is 32.2. The van der Waals surface area contributed by atoms with Gasteiger partial charge in [-0.15, -0.1) is 34.4 Å². The molecule has 2 heterocycles. The van der Waals surface area contributed by atoms with Crippen molar-refractivity contribution in [1.82, 2.24) is 10.3 Å². The van der Waals surface area contributed by atoms with E-state index in [1.165, 1.54) is 36.2 Å². The van der Waals surface area contributed by atoms with Crippen LogP contribution in [0.3, 0.4) is 0 Å². The quantitative estimate of drug-likeness (QED) is 0.0525. The molecule has 0 aliphatic carbocycles. The minimum Gasteiger partial charge on any atom is -0.461 e. The number of benzene rings is 4. The van der Waals surface area contributed by atoms with Crippen molar-refractivity contribution in [3.05, 3.63) is 104 Å². The van der Waals surface area contributed by atoms with Gasteiger partial charge in [-0.25, -0.2) is 14.6 Å². The van der Waals surface area contributed by atoms with Gasteiger partial charge in [-0.05, 0) is 36.2 Å². The second-order valence-electron chi connectivity index (χ2n) is 11.0. The summed E-state index contributed by atoms with van der Waals surface area (Å²) in [5.74, 6) is 0.942. The van der Waals surface area contributed by atoms with Crippen LogP contribution in [0.1, 0.15) is 13.3 Å². The lowest BCUT2D eigenvalue weighted by Crippen LogP contribution is -2.36. The molecule has 0 saturated carbocycles. The van der Waals surface area contributed by atoms with Gasteiger partial charge >= 0.3 is 12.1 Å². The fourth-order valence-corrected chi connectivity index (χ4v) is 10.3. The Balaban J connectivity index is 1.23. The minimum absolute atomic E-state index is 0.0471. The first kappa shape index (κ1) is 33.1. The Labute approximate surface area is 290 Å². The maximum absolute atomic E-state index is 12.7. The van der Waals surface area contributed by atoms with Gasteiger partial charge in [0.25, 0.3) is 0 Å². The zero-order valence-electron chi connectivity index (χ0n) is 25.9. The monoisotopic (exact) mass is 698 g/mol. The number of aromatic nitrogens is 1. The van der Waals surface area contributed by atoms with Crippen LogP contribution in [0.2, 0.25) is 0 Å². The van der Waals surface area contributed by atoms with Gasteiger partial charge in [0.1, 0.15) is 13.2 Å². The van der Waals surface area contributed by atoms with Crippen molar-refractivity contribution in [2.24, 2.45) is 5.41 Å². The molecule has 1 atom stereocenters. The van der Waals surface area contributed by atoms with E-state index in [9.17, 15) is 9.59 Å². The Kier molecular flexibility index (Phi) is 10.8. The Hall–Kier alpha value is -3.83. The molecule has 0 aliphatic heterocycles. The molecule has 0 fully saturated rings. The van der Waals surface area contributed by atoms with Gasteiger partial charge in [0.05, 0.1) is 16.8 Å². The zero-order valence-corrected chi connectivity index (χ0v) is 29.2. The van der Waals surface area contributed by atoms with E-state index in [0.717, 1.165) is 38.6 Å². The molecule has 0 saturated heterocycles. The van der Waals surface area contributed by atoms with Crippen LogP contribution in [0.5, 0.6) is 0 Å². The summed E-state index contributed by atoms with van der Waals surface area (Å²) in [6.45, 7) is 5.97. The van der Waals surface area contributed by atoms with Gasteiger partial charge in [0, 0.05) is 53.6 Å². The van der Waals surface area contributed by atoms with E-state index in [2.05, 4.69) is 91.6 Å². The molecule has 1 N–H and O–H groups in total. The molecule has 47 heavy (non-hydrogen) atoms. The van der Waals surface area contributed by atoms with E-state index in [0.29, 0.717) is 0 Å². The van der Waals surface area contributed by atoms with Crippen LogP contribution in [0.15, 0.2) is 113 Å². The number of carbonyl (C=O) groups excluding carboxylic acids is 2. The number of para-hydroxylation sites is 1. The van der Waals surface area contributed by atoms with Crippen LogP contribution >= 0.6 is 46.2 Å². The largest absolute Gasteiger partial charge is 0.461 e. The van der Waals surface area contributed by atoms with E-state index in [1.807, 2.05) is 29.5 Å². The van der Waals surface area contributed by atoms with Crippen LogP contribution in [-0.4, -0.2) is 48.3 Å². The van der Waals surface area contributed by atoms with Crippen LogP contribution in [-0.2, 0) is 14.3 Å². The predicted molar refractivity (Wildman–Crippen MR) is 199 cm³/mol. The molecule has 0 radical (unpaired) electrons. The van der Waals surface area contributed by atoms with Crippen molar-refractivity contribution < 1.29 is 19.1 Å². The Morgan fingerprint density at radius 2 is 1.57 bits per heavy atom. The summed E-state index contributed by atoms with van der Waals surface area (Å²) < 4.78 is 15.5. The first-order chi connectivity index (χ1) is 23.0. The lowest BCUT2D eigenvalue weighted by atomic mass is 9.91. The molecular weight excluding hydrogens is 665 g/mol. The number of esters is 1. The van der Waals surface area contributed by atoms with Gasteiger partial charge in [-0.2, -0.15) is 0 Å². The van der Waals surface area contributed by atoms with Crippen molar-refractivity contribution in [3.8, 4) is 11.1 Å². The van der Waals surface area contributed by atoms with Crippen molar-refractivity contribution in [1.29, 1.82) is 0 Å². The predicted octanol–water partition coefficient (Wildman–Crippen LogP) is 10.1. The molecule has 6 aromatic rings. The van der Waals surface area contributed by atoms with Crippen molar-refractivity contribution in [2.75, 3.05) is 31.3 Å². The van der Waals surface area contributed by atoms with Crippen molar-refractivity contribution in [3.63, 3.8) is 0 Å². The summed E-state index contributed by atoms with van der Waals surface area (Å²) in [5, 5.41) is 5.25. The minimum atomic E-state index is -0.538. The van der Waals surface area contributed by atoms with Gasteiger partial charge in [-0.3, -0.25) is 0 Å². The standard InChI is InChI=1S/C37H34N2O4S4/c1-3-33(40)42-21-20-38-35(41)43-22-37(4-2,24-45-36-39-29-16-7-10-19-32(29)47-36)23-44-30-17-8-5-12-25(30)27-14-11-15-28-26-13-6-9-18-31(26)46-34(27)28/h3,5-19H,1,4,20-24H2,2H3,(H,38,41). The summed E-state index contributed by atoms with van der Waals surface area (Å²) in [5.41, 5.74) is 3.08. The van der Waals surface area contributed by atoms with Crippen molar-refractivity contribution >= 4 is 88.6 Å². The third-order valence-electron chi connectivity index (χ3n) is 7.93. The number of alkyl carbamates (subject to hydrolysis) is 1. The summed E-state index contributed by atoms with van der Waals surface area (Å²) >= 11 is 7.04. The number of hydrogen-bond acceptors (Lipinski definition) is 9. The van der Waals surface area contributed by atoms with E-state index in [4.69, 9.17) is 14.5 Å². The van der Waals surface area contributed by atoms with Gasteiger partial charge in [-0.1, -0.05) is 92.0 Å². The van der Waals surface area contributed by atoms with Gasteiger partial charge < -0.3 is 14.8 Å². The maximum Gasteiger partial charge on any atom is 0.407 e. The number of fused-ring (bicyclic) bond motifs is 4. The average molecular weight is 699 g/mol. The third kappa shape index (κ3) is 7.84. The van der Waals surface area contributed by atoms with Crippen LogP contribution in [0.25, 0.3) is 41.5 Å². The van der Waals surface area contributed by atoms with E-state index < -0.39 is 12.1 Å². The number of nitrogens with one attached hydrogen (secondary N) is 1. The average Bonchev–Trinajstić information content (AvgIpc) is 3.71. The Morgan fingerprint density at radius 1 is 0.851 bits per heavy atom. The van der Waals surface area contributed by atoms with Gasteiger partial charge in [0.15, 0.2) is 4.34 Å². The lowest BCUT2D eigenvalue weighted by molar-refractivity contribution is -0.137. The number of carbonyl (C=O) groups is 2. The molecule has 6 nitrogen and oxygen atoms in total. The molecule has 0 bridgehead atoms. The molecule has 0 spiro atoms. The molecule has 10 heteroatoms. The highest BCUT2D eigenvalue weighted by Crippen LogP contribution is 2.44. The number of rotatable bonds is 14. The summed E-state index contributed by atoms with van der Waals surface area (Å²) in [6, 6.07) is 31.9. The molecular formula is C37H34N2O4S4. The third-order valence-corrected chi connectivity index (χ3v) is 13.1. The topological polar surface area (TPSA) is 77.5 Å². The number of amides is 1. The normalized spacial score (nSPS) is 12.6. The summed E-state index contributed by atoms with van der Waals surface area (Å²) in [4.78, 5) is 30.1. The highest BCUT2D eigenvalue weighted by Gasteiger charge is 2.32. The molecule has 0 aliphatic rings. The molecule has 1 amide bonds. The number of hydrogen-bond donors (Lipinski definition) is 1. The number of ether oxygens (including phenoxy) is 2. The Morgan fingerprint density at radius 3 is 2.40 bits per heavy atom. The van der Waals surface area contributed by atoms with Gasteiger partial charge in [0.2, 0.25) is 0 Å². The number of nitrogens with zero attached hydrogens (tertiary/aromatic N) is 1. The molecule has 4 aromatic carbocycles. The van der Waals surface area contributed by atoms with Crippen LogP contribution < -0.4 is 5.32 Å². The van der Waals surface area contributed by atoms with Crippen LogP contribution in [0, 0.1) is 5.41 Å². The fraction of sp³-hybridized carbons (Fsp3) is 0.216. The number of thioether (sulfide) groups is 2. The zero-order chi connectivity index (χ0) is 32.6. The SMILES string of the molecule is C=CC(=O)OCCNC(=O)OCC(CC)(CSc1nc2ccccc2s1)CSc1ccccc1-c1cccc2c1sc1ccccc12.